The van der Waals surface area contributed by atoms with E-state index >= 15 is 0 Å². The Morgan fingerprint density at radius 2 is 2.16 bits per heavy atom. The average Bonchev–Trinajstić information content (AvgIpc) is 3.03. The van der Waals surface area contributed by atoms with E-state index in [-0.39, 0.29) is 17.8 Å². The van der Waals surface area contributed by atoms with Crippen molar-refractivity contribution in [1.29, 1.82) is 0 Å². The largest absolute Gasteiger partial charge is 0.338 e. The molecule has 2 aromatic rings. The normalized spacial score (nSPS) is 20.7. The molecule has 1 aromatic carbocycles. The highest BCUT2D eigenvalue weighted by atomic mass is 32.1. The van der Waals surface area contributed by atoms with E-state index in [1.165, 1.54) is 12.1 Å². The summed E-state index contributed by atoms with van der Waals surface area (Å²) < 4.78 is 13.0. The summed E-state index contributed by atoms with van der Waals surface area (Å²) >= 11 is 1.54. The molecule has 0 saturated carbocycles. The molecule has 0 spiro atoms. The monoisotopic (exact) mass is 361 g/mol. The number of hydrogen-bond acceptors (Lipinski definition) is 4. The Morgan fingerprint density at radius 1 is 1.40 bits per heavy atom. The van der Waals surface area contributed by atoms with Crippen LogP contribution < -0.4 is 5.73 Å². The number of rotatable bonds is 5. The lowest BCUT2D eigenvalue weighted by atomic mass is 9.90. The number of likely N-dealkylation sites (tertiary alicyclic amines) is 1. The molecule has 134 valence electrons. The highest BCUT2D eigenvalue weighted by Crippen LogP contribution is 2.24. The maximum Gasteiger partial charge on any atom is 0.228 e. The highest BCUT2D eigenvalue weighted by Gasteiger charge is 2.30. The van der Waals surface area contributed by atoms with Crippen LogP contribution in [0.3, 0.4) is 0 Å². The van der Waals surface area contributed by atoms with Crippen LogP contribution >= 0.6 is 11.3 Å². The third-order valence-electron chi connectivity index (χ3n) is 4.88. The molecule has 3 rings (SSSR count). The zero-order chi connectivity index (χ0) is 17.8. The van der Waals surface area contributed by atoms with Gasteiger partial charge < -0.3 is 10.6 Å². The molecule has 1 fully saturated rings. The van der Waals surface area contributed by atoms with Gasteiger partial charge in [-0.2, -0.15) is 0 Å². The number of benzene rings is 1. The van der Waals surface area contributed by atoms with Gasteiger partial charge in [0.1, 0.15) is 5.82 Å². The minimum atomic E-state index is -0.237. The summed E-state index contributed by atoms with van der Waals surface area (Å²) in [6, 6.07) is 6.58. The van der Waals surface area contributed by atoms with E-state index in [1.807, 2.05) is 10.3 Å². The Hall–Kier alpha value is -1.79. The number of nitrogens with two attached hydrogens (primary N) is 1. The third kappa shape index (κ3) is 4.44. The van der Waals surface area contributed by atoms with Gasteiger partial charge in [0.15, 0.2) is 0 Å². The molecule has 2 N–H and O–H groups in total. The van der Waals surface area contributed by atoms with E-state index in [0.717, 1.165) is 35.7 Å². The Bertz CT molecular complexity index is 716. The lowest BCUT2D eigenvalue weighted by Crippen LogP contribution is -2.51. The molecule has 1 saturated heterocycles. The summed E-state index contributed by atoms with van der Waals surface area (Å²) in [6.07, 6.45) is 3.15. The molecule has 0 aliphatic carbocycles. The predicted octanol–water partition coefficient (Wildman–Crippen LogP) is 3.00. The molecule has 1 aliphatic heterocycles. The van der Waals surface area contributed by atoms with Gasteiger partial charge in [-0.15, -0.1) is 11.3 Å². The topological polar surface area (TPSA) is 59.2 Å². The number of piperidine rings is 1. The number of amides is 1. The van der Waals surface area contributed by atoms with Crippen LogP contribution in [-0.4, -0.2) is 34.9 Å². The molecule has 1 aliphatic rings. The van der Waals surface area contributed by atoms with Crippen LogP contribution in [-0.2, 0) is 17.6 Å². The molecular formula is C19H24FN3OS. The molecule has 0 radical (unpaired) electrons. The Morgan fingerprint density at radius 3 is 2.88 bits per heavy atom. The molecule has 25 heavy (non-hydrogen) atoms. The van der Waals surface area contributed by atoms with E-state index in [1.54, 1.807) is 23.5 Å². The number of hydrogen-bond donors (Lipinski definition) is 1. The number of carbonyl (C=O) groups excluding carboxylic acids is 1. The minimum Gasteiger partial charge on any atom is -0.338 e. The predicted molar refractivity (Wildman–Crippen MR) is 98.0 cm³/mol. The molecule has 1 amide bonds. The molecule has 6 heteroatoms. The second kappa shape index (κ2) is 8.06. The van der Waals surface area contributed by atoms with Crippen molar-refractivity contribution in [3.8, 4) is 0 Å². The van der Waals surface area contributed by atoms with Gasteiger partial charge in [-0.25, -0.2) is 9.37 Å². The SMILES string of the molecule is C[C@@H]1CCCN(C(=O)Cc2csc(Cc3ccc(F)cc3)n2)[C@H]1CN. The maximum absolute atomic E-state index is 13.0. The van der Waals surface area contributed by atoms with Crippen LogP contribution in [0.25, 0.3) is 0 Å². The first-order valence-electron chi connectivity index (χ1n) is 8.74. The fraction of sp³-hybridized carbons (Fsp3) is 0.474. The fourth-order valence-corrected chi connectivity index (χ4v) is 4.29. The van der Waals surface area contributed by atoms with Crippen molar-refractivity contribution in [2.24, 2.45) is 11.7 Å². The molecule has 0 unspecified atom stereocenters. The summed E-state index contributed by atoms with van der Waals surface area (Å²) in [5.74, 6) is 0.326. The van der Waals surface area contributed by atoms with E-state index in [2.05, 4.69) is 11.9 Å². The minimum absolute atomic E-state index is 0.112. The van der Waals surface area contributed by atoms with Crippen LogP contribution in [0.1, 0.15) is 36.0 Å². The van der Waals surface area contributed by atoms with E-state index in [4.69, 9.17) is 5.73 Å². The van der Waals surface area contributed by atoms with Crippen LogP contribution in [0.5, 0.6) is 0 Å². The molecule has 4 nitrogen and oxygen atoms in total. The van der Waals surface area contributed by atoms with E-state index < -0.39 is 0 Å². The fourth-order valence-electron chi connectivity index (χ4n) is 3.46. The van der Waals surface area contributed by atoms with Gasteiger partial charge in [0, 0.05) is 30.9 Å². The van der Waals surface area contributed by atoms with Gasteiger partial charge in [0.2, 0.25) is 5.91 Å². The Labute approximate surface area is 151 Å². The maximum atomic E-state index is 13.0. The summed E-state index contributed by atoms with van der Waals surface area (Å²) in [5, 5.41) is 2.89. The van der Waals surface area contributed by atoms with Gasteiger partial charge >= 0.3 is 0 Å². The summed E-state index contributed by atoms with van der Waals surface area (Å²) in [4.78, 5) is 19.2. The van der Waals surface area contributed by atoms with Crippen molar-refractivity contribution in [2.45, 2.75) is 38.6 Å². The number of thiazole rings is 1. The summed E-state index contributed by atoms with van der Waals surface area (Å²) in [5.41, 5.74) is 7.70. The quantitative estimate of drug-likeness (QED) is 0.891. The number of carbonyl (C=O) groups is 1. The second-order valence-electron chi connectivity index (χ2n) is 6.72. The number of nitrogens with zero attached hydrogens (tertiary/aromatic N) is 2. The van der Waals surface area contributed by atoms with Gasteiger partial charge in [0.25, 0.3) is 0 Å². The summed E-state index contributed by atoms with van der Waals surface area (Å²) in [7, 11) is 0. The molecule has 0 bridgehead atoms. The zero-order valence-electron chi connectivity index (χ0n) is 14.5. The molecule has 1 aromatic heterocycles. The van der Waals surface area contributed by atoms with Gasteiger partial charge in [-0.1, -0.05) is 19.1 Å². The van der Waals surface area contributed by atoms with Crippen LogP contribution in [0.2, 0.25) is 0 Å². The van der Waals surface area contributed by atoms with Gasteiger partial charge in [-0.3, -0.25) is 4.79 Å². The first-order valence-corrected chi connectivity index (χ1v) is 9.62. The van der Waals surface area contributed by atoms with Crippen LogP contribution in [0.4, 0.5) is 4.39 Å². The lowest BCUT2D eigenvalue weighted by Gasteiger charge is -2.39. The Kier molecular flexibility index (Phi) is 5.81. The van der Waals surface area contributed by atoms with Crippen LogP contribution in [0.15, 0.2) is 29.6 Å². The van der Waals surface area contributed by atoms with Crippen molar-refractivity contribution >= 4 is 17.2 Å². The molecule has 2 atom stereocenters. The van der Waals surface area contributed by atoms with E-state index in [9.17, 15) is 9.18 Å². The first-order chi connectivity index (χ1) is 12.1. The highest BCUT2D eigenvalue weighted by molar-refractivity contribution is 7.09. The van der Waals surface area contributed by atoms with Crippen molar-refractivity contribution in [3.05, 3.63) is 51.7 Å². The number of aromatic nitrogens is 1. The zero-order valence-corrected chi connectivity index (χ0v) is 15.3. The molecular weight excluding hydrogens is 337 g/mol. The van der Waals surface area contributed by atoms with Crippen LogP contribution in [0, 0.1) is 11.7 Å². The van der Waals surface area contributed by atoms with Gasteiger partial charge in [0.05, 0.1) is 17.1 Å². The Balaban J connectivity index is 1.62. The van der Waals surface area contributed by atoms with Crippen molar-refractivity contribution < 1.29 is 9.18 Å². The van der Waals surface area contributed by atoms with Gasteiger partial charge in [-0.05, 0) is 36.5 Å². The summed E-state index contributed by atoms with van der Waals surface area (Å²) in [6.45, 7) is 3.47. The second-order valence-corrected chi connectivity index (χ2v) is 7.66. The number of halogens is 1. The van der Waals surface area contributed by atoms with Crippen molar-refractivity contribution in [1.82, 2.24) is 9.88 Å². The molecule has 2 heterocycles. The average molecular weight is 361 g/mol. The third-order valence-corrected chi connectivity index (χ3v) is 5.78. The first kappa shape index (κ1) is 18.0. The standard InChI is InChI=1S/C19H24FN3OS/c1-13-3-2-8-23(17(13)11-21)19(24)10-16-12-25-18(22-16)9-14-4-6-15(20)7-5-14/h4-7,12-13,17H,2-3,8-11,21H2,1H3/t13-,17+/m1/s1. The van der Waals surface area contributed by atoms with E-state index in [0.29, 0.717) is 25.3 Å². The van der Waals surface area contributed by atoms with Crippen molar-refractivity contribution in [2.75, 3.05) is 13.1 Å². The smallest absolute Gasteiger partial charge is 0.228 e. The van der Waals surface area contributed by atoms with Crippen molar-refractivity contribution in [3.63, 3.8) is 0 Å². The lowest BCUT2D eigenvalue weighted by molar-refractivity contribution is -0.135.